The van der Waals surface area contributed by atoms with Gasteiger partial charge in [-0.2, -0.15) is 0 Å². The summed E-state index contributed by atoms with van der Waals surface area (Å²) in [6, 6.07) is 15.1. The van der Waals surface area contributed by atoms with Gasteiger partial charge in [0.1, 0.15) is 11.6 Å². The Bertz CT molecular complexity index is 1380. The maximum absolute atomic E-state index is 14.4. The minimum Gasteiger partial charge on any atom is -0.394 e. The molecule has 9 heteroatoms. The van der Waals surface area contributed by atoms with Crippen LogP contribution in [0.25, 0.3) is 0 Å². The number of rotatable bonds is 6. The molecule has 4 heterocycles. The number of nitrogens with zero attached hydrogens (tertiary/aromatic N) is 3. The second-order valence-electron chi connectivity index (χ2n) is 10.8. The van der Waals surface area contributed by atoms with Crippen molar-refractivity contribution in [1.82, 2.24) is 9.80 Å². The van der Waals surface area contributed by atoms with Crippen molar-refractivity contribution in [2.24, 2.45) is 11.8 Å². The molecule has 2 saturated heterocycles. The largest absolute Gasteiger partial charge is 0.394 e. The van der Waals surface area contributed by atoms with E-state index in [1.54, 1.807) is 40.1 Å². The van der Waals surface area contributed by atoms with Gasteiger partial charge in [0.25, 0.3) is 5.91 Å². The Morgan fingerprint density at radius 3 is 2.48 bits per heavy atom. The molecule has 208 valence electrons. The van der Waals surface area contributed by atoms with Gasteiger partial charge in [-0.1, -0.05) is 85.3 Å². The lowest BCUT2D eigenvalue weighted by molar-refractivity contribution is -0.147. The van der Waals surface area contributed by atoms with Gasteiger partial charge in [0, 0.05) is 19.6 Å². The van der Waals surface area contributed by atoms with Gasteiger partial charge < -0.3 is 24.5 Å². The Morgan fingerprint density at radius 2 is 1.75 bits per heavy atom. The van der Waals surface area contributed by atoms with Gasteiger partial charge >= 0.3 is 0 Å². The maximum atomic E-state index is 14.4. The van der Waals surface area contributed by atoms with Crippen LogP contribution in [-0.4, -0.2) is 76.1 Å². The van der Waals surface area contributed by atoms with Crippen molar-refractivity contribution in [1.29, 1.82) is 0 Å². The first-order valence-electron chi connectivity index (χ1n) is 13.7. The van der Waals surface area contributed by atoms with Crippen molar-refractivity contribution in [3.05, 3.63) is 89.5 Å². The van der Waals surface area contributed by atoms with Crippen LogP contribution in [0.1, 0.15) is 18.9 Å². The minimum absolute atomic E-state index is 0.181. The molecule has 6 rings (SSSR count). The summed E-state index contributed by atoms with van der Waals surface area (Å²) in [6.07, 6.45) is 7.16. The number of para-hydroxylation sites is 1. The summed E-state index contributed by atoms with van der Waals surface area (Å²) in [6.45, 7) is 2.58. The monoisotopic (exact) mass is 561 g/mol. The number of aliphatic hydroxyl groups excluding tert-OH is 1. The van der Waals surface area contributed by atoms with E-state index in [1.165, 1.54) is 4.90 Å². The number of carbonyl (C=O) groups is 3. The average molecular weight is 562 g/mol. The number of fused-ring (bicyclic) bond motifs is 2. The zero-order valence-electron chi connectivity index (χ0n) is 22.2. The molecule has 0 saturated carbocycles. The van der Waals surface area contributed by atoms with Gasteiger partial charge in [-0.25, -0.2) is 0 Å². The zero-order chi connectivity index (χ0) is 28.0. The first kappa shape index (κ1) is 26.7. The van der Waals surface area contributed by atoms with Crippen molar-refractivity contribution >= 4 is 35.0 Å². The molecular weight excluding hydrogens is 530 g/mol. The van der Waals surface area contributed by atoms with Gasteiger partial charge in [-0.05, 0) is 24.1 Å². The number of benzene rings is 2. The van der Waals surface area contributed by atoms with E-state index in [2.05, 4.69) is 0 Å². The SMILES string of the molecule is CC[C@@H](CO)N1C(=O)[C@@H]2[C@H]3C(=O)N(Cc4ccccc4)CC=C[C@H]3O[C@@]23C=CCN(c2ccccc2Cl)C(=O)C13. The summed E-state index contributed by atoms with van der Waals surface area (Å²) < 4.78 is 6.69. The zero-order valence-corrected chi connectivity index (χ0v) is 23.0. The molecule has 6 atom stereocenters. The summed E-state index contributed by atoms with van der Waals surface area (Å²) in [5, 5.41) is 10.7. The first-order chi connectivity index (χ1) is 19.4. The molecule has 1 N–H and O–H groups in total. The standard InChI is InChI=1S/C31H32ClN3O5/c1-2-21(19-36)35-27-30(39)34(23-13-7-6-12-22(23)32)17-9-15-31(27)26(29(35)38)25-24(40-31)14-8-16-33(28(25)37)18-20-10-4-3-5-11-20/h3-15,21,24-27,36H,2,16-19H2,1H3/t21-,24+,25-,26-,27?,31-/m0/s1. The van der Waals surface area contributed by atoms with Gasteiger partial charge in [0.2, 0.25) is 11.8 Å². The molecule has 0 bridgehead atoms. The summed E-state index contributed by atoms with van der Waals surface area (Å²) >= 11 is 6.50. The lowest BCUT2D eigenvalue weighted by Gasteiger charge is -2.38. The van der Waals surface area contributed by atoms with Crippen LogP contribution in [-0.2, 0) is 25.7 Å². The maximum Gasteiger partial charge on any atom is 0.253 e. The molecule has 40 heavy (non-hydrogen) atoms. The molecule has 0 aromatic heterocycles. The Labute approximate surface area is 238 Å². The highest BCUT2D eigenvalue weighted by Gasteiger charge is 2.72. The number of amides is 3. The Balaban J connectivity index is 1.43. The fourth-order valence-electron chi connectivity index (χ4n) is 6.77. The van der Waals surface area contributed by atoms with Crippen LogP contribution in [0.3, 0.4) is 0 Å². The van der Waals surface area contributed by atoms with Crippen molar-refractivity contribution in [2.75, 3.05) is 24.6 Å². The highest BCUT2D eigenvalue weighted by atomic mass is 35.5. The normalized spacial score (nSPS) is 30.2. The van der Waals surface area contributed by atoms with Crippen molar-refractivity contribution < 1.29 is 24.2 Å². The predicted octanol–water partition coefficient (Wildman–Crippen LogP) is 3.19. The van der Waals surface area contributed by atoms with E-state index in [0.717, 1.165) is 5.56 Å². The molecule has 2 fully saturated rings. The molecule has 3 amide bonds. The number of carbonyl (C=O) groups excluding carboxylic acids is 3. The van der Waals surface area contributed by atoms with E-state index >= 15 is 0 Å². The topological polar surface area (TPSA) is 90.4 Å². The number of hydrogen-bond donors (Lipinski definition) is 1. The number of aliphatic hydroxyl groups is 1. The number of halogens is 1. The van der Waals surface area contributed by atoms with Crippen LogP contribution in [0.5, 0.6) is 0 Å². The number of ether oxygens (including phenoxy) is 1. The number of hydrogen-bond acceptors (Lipinski definition) is 5. The van der Waals surface area contributed by atoms with Crippen LogP contribution in [0.15, 0.2) is 78.9 Å². The molecule has 4 aliphatic rings. The highest BCUT2D eigenvalue weighted by molar-refractivity contribution is 6.34. The van der Waals surface area contributed by atoms with Gasteiger partial charge in [0.15, 0.2) is 0 Å². The number of likely N-dealkylation sites (tertiary alicyclic amines) is 1. The molecule has 2 aromatic carbocycles. The van der Waals surface area contributed by atoms with Crippen LogP contribution in [0, 0.1) is 11.8 Å². The third-order valence-corrected chi connectivity index (χ3v) is 8.93. The molecule has 4 aliphatic heterocycles. The minimum atomic E-state index is -1.36. The van der Waals surface area contributed by atoms with Gasteiger partial charge in [-0.15, -0.1) is 0 Å². The molecule has 0 radical (unpaired) electrons. The van der Waals surface area contributed by atoms with Gasteiger partial charge in [-0.3, -0.25) is 14.4 Å². The van der Waals surface area contributed by atoms with Crippen LogP contribution in [0.4, 0.5) is 5.69 Å². The lowest BCUT2D eigenvalue weighted by atomic mass is 9.77. The third kappa shape index (κ3) is 4.08. The average Bonchev–Trinajstić information content (AvgIpc) is 3.28. The summed E-state index contributed by atoms with van der Waals surface area (Å²) in [4.78, 5) is 47.7. The van der Waals surface area contributed by atoms with Crippen LogP contribution in [0.2, 0.25) is 5.02 Å². The molecule has 2 aromatic rings. The van der Waals surface area contributed by atoms with E-state index in [4.69, 9.17) is 16.3 Å². The smallest absolute Gasteiger partial charge is 0.253 e. The number of anilines is 1. The van der Waals surface area contributed by atoms with E-state index in [-0.39, 0.29) is 30.9 Å². The van der Waals surface area contributed by atoms with Crippen LogP contribution >= 0.6 is 11.6 Å². The Hall–Kier alpha value is -3.46. The van der Waals surface area contributed by atoms with E-state index in [0.29, 0.717) is 30.2 Å². The Kier molecular flexibility index (Phi) is 7.02. The summed E-state index contributed by atoms with van der Waals surface area (Å²) in [5.41, 5.74) is 0.151. The molecule has 1 unspecified atom stereocenters. The lowest BCUT2D eigenvalue weighted by Crippen LogP contribution is -2.58. The molecule has 1 spiro atoms. The second kappa shape index (κ2) is 10.5. The Morgan fingerprint density at radius 1 is 1.00 bits per heavy atom. The predicted molar refractivity (Wildman–Crippen MR) is 150 cm³/mol. The highest BCUT2D eigenvalue weighted by Crippen LogP contribution is 2.54. The summed E-state index contributed by atoms with van der Waals surface area (Å²) in [5.74, 6) is -2.60. The second-order valence-corrected chi connectivity index (χ2v) is 11.2. The quantitative estimate of drug-likeness (QED) is 0.547. The van der Waals surface area contributed by atoms with Crippen molar-refractivity contribution in [2.45, 2.75) is 43.7 Å². The fraction of sp³-hybridized carbons (Fsp3) is 0.387. The van der Waals surface area contributed by atoms with Crippen molar-refractivity contribution in [3.8, 4) is 0 Å². The van der Waals surface area contributed by atoms with Gasteiger partial charge in [0.05, 0.1) is 41.3 Å². The molecule has 8 nitrogen and oxygen atoms in total. The molecule has 0 aliphatic carbocycles. The fourth-order valence-corrected chi connectivity index (χ4v) is 7.01. The van der Waals surface area contributed by atoms with E-state index in [9.17, 15) is 19.5 Å². The van der Waals surface area contributed by atoms with E-state index in [1.807, 2.05) is 55.5 Å². The van der Waals surface area contributed by atoms with E-state index < -0.39 is 35.6 Å². The van der Waals surface area contributed by atoms with Crippen molar-refractivity contribution in [3.63, 3.8) is 0 Å². The first-order valence-corrected chi connectivity index (χ1v) is 14.1. The summed E-state index contributed by atoms with van der Waals surface area (Å²) in [7, 11) is 0. The van der Waals surface area contributed by atoms with Crippen LogP contribution < -0.4 is 4.90 Å². The third-order valence-electron chi connectivity index (χ3n) is 8.61. The molecular formula is C31H32ClN3O5.